The van der Waals surface area contributed by atoms with Gasteiger partial charge in [-0.25, -0.2) is 9.18 Å². The number of aliphatic hydroxyl groups is 1. The lowest BCUT2D eigenvalue weighted by atomic mass is 10.3. The Balaban J connectivity index is 2.37. The third-order valence-electron chi connectivity index (χ3n) is 1.65. The molecule has 0 bridgehead atoms. The van der Waals surface area contributed by atoms with Crippen LogP contribution in [0.5, 0.6) is 0 Å². The number of nitrogens with zero attached hydrogens (tertiary/aromatic N) is 1. The highest BCUT2D eigenvalue weighted by molar-refractivity contribution is 5.69. The van der Waals surface area contributed by atoms with Crippen molar-refractivity contribution >= 4 is 6.09 Å². The van der Waals surface area contributed by atoms with Gasteiger partial charge in [0.25, 0.3) is 0 Å². The summed E-state index contributed by atoms with van der Waals surface area (Å²) in [5.74, 6) is 0. The summed E-state index contributed by atoms with van der Waals surface area (Å²) in [4.78, 5) is 12.2. The van der Waals surface area contributed by atoms with Crippen molar-refractivity contribution in [3.63, 3.8) is 0 Å². The average Bonchev–Trinajstić information content (AvgIpc) is 2.30. The first-order valence-corrected chi connectivity index (χ1v) is 3.83. The Morgan fingerprint density at radius 3 is 3.00 bits per heavy atom. The number of hydrogen-bond donors (Lipinski definition) is 1. The molecule has 12 heavy (non-hydrogen) atoms. The van der Waals surface area contributed by atoms with E-state index < -0.39 is 18.9 Å². The number of carbonyl (C=O) groups excluding carboxylic acids is 1. The molecule has 2 unspecified atom stereocenters. The summed E-state index contributed by atoms with van der Waals surface area (Å²) in [5.41, 5.74) is 0. The molecule has 1 fully saturated rings. The normalized spacial score (nSPS) is 25.8. The molecule has 0 saturated carbocycles. The maximum atomic E-state index is 11.8. The number of ether oxygens (including phenoxy) is 1. The maximum absolute atomic E-state index is 11.8. The number of aliphatic hydroxyl groups excluding tert-OH is 1. The minimum absolute atomic E-state index is 0.0136. The van der Waals surface area contributed by atoms with Crippen molar-refractivity contribution in [1.82, 2.24) is 4.90 Å². The first-order valence-electron chi connectivity index (χ1n) is 3.83. The Morgan fingerprint density at radius 2 is 2.58 bits per heavy atom. The monoisotopic (exact) mass is 177 g/mol. The van der Waals surface area contributed by atoms with Gasteiger partial charge in [-0.1, -0.05) is 0 Å². The molecule has 1 heterocycles. The van der Waals surface area contributed by atoms with Gasteiger partial charge in [0.2, 0.25) is 0 Å². The van der Waals surface area contributed by atoms with Crippen molar-refractivity contribution in [2.75, 3.05) is 19.8 Å². The first-order chi connectivity index (χ1) is 5.63. The first kappa shape index (κ1) is 9.25. The minimum atomic E-state index is -1.09. The molecule has 0 radical (unpaired) electrons. The van der Waals surface area contributed by atoms with Gasteiger partial charge in [-0.3, -0.25) is 0 Å². The number of carbonyl (C=O) groups is 1. The molecule has 1 amide bonds. The molecule has 0 aliphatic carbocycles. The van der Waals surface area contributed by atoms with E-state index >= 15 is 0 Å². The quantitative estimate of drug-likeness (QED) is 0.668. The third-order valence-corrected chi connectivity index (χ3v) is 1.65. The predicted octanol–water partition coefficient (Wildman–Crippen LogP) is 0.158. The zero-order valence-electron chi connectivity index (χ0n) is 6.86. The van der Waals surface area contributed by atoms with E-state index in [4.69, 9.17) is 9.84 Å². The summed E-state index contributed by atoms with van der Waals surface area (Å²) in [6.45, 7) is 1.35. The molecule has 4 nitrogen and oxygen atoms in total. The number of cyclic esters (lactones) is 1. The summed E-state index contributed by atoms with van der Waals surface area (Å²) in [6.07, 6.45) is -1.73. The SMILES string of the molecule is CC1CN(CC(O)CF)C(=O)O1. The molecular formula is C7H12FNO3. The zero-order chi connectivity index (χ0) is 9.14. The van der Waals surface area contributed by atoms with Crippen LogP contribution in [0.25, 0.3) is 0 Å². The van der Waals surface area contributed by atoms with E-state index in [1.807, 2.05) is 0 Å². The summed E-state index contributed by atoms with van der Waals surface area (Å²) < 4.78 is 16.6. The molecule has 0 aromatic heterocycles. The zero-order valence-corrected chi connectivity index (χ0v) is 6.86. The maximum Gasteiger partial charge on any atom is 0.410 e. The lowest BCUT2D eigenvalue weighted by molar-refractivity contribution is 0.0982. The number of halogens is 1. The Labute approximate surface area is 69.9 Å². The summed E-state index contributed by atoms with van der Waals surface area (Å²) in [5, 5.41) is 8.90. The number of alkyl halides is 1. The van der Waals surface area contributed by atoms with Crippen molar-refractivity contribution in [2.45, 2.75) is 19.1 Å². The van der Waals surface area contributed by atoms with E-state index in [0.717, 1.165) is 0 Å². The van der Waals surface area contributed by atoms with Crippen molar-refractivity contribution < 1.29 is 19.0 Å². The van der Waals surface area contributed by atoms with E-state index in [-0.39, 0.29) is 12.6 Å². The van der Waals surface area contributed by atoms with Crippen LogP contribution in [0.15, 0.2) is 0 Å². The van der Waals surface area contributed by atoms with E-state index in [0.29, 0.717) is 6.54 Å². The second-order valence-electron chi connectivity index (χ2n) is 2.91. The molecule has 1 rings (SSSR count). The van der Waals surface area contributed by atoms with Crippen LogP contribution in [0.3, 0.4) is 0 Å². The lowest BCUT2D eigenvalue weighted by Crippen LogP contribution is -2.34. The van der Waals surface area contributed by atoms with Gasteiger partial charge >= 0.3 is 6.09 Å². The average molecular weight is 177 g/mol. The van der Waals surface area contributed by atoms with E-state index in [9.17, 15) is 9.18 Å². The van der Waals surface area contributed by atoms with Crippen molar-refractivity contribution in [3.05, 3.63) is 0 Å². The molecule has 0 spiro atoms. The third kappa shape index (κ3) is 2.07. The highest BCUT2D eigenvalue weighted by atomic mass is 19.1. The molecule has 1 N–H and O–H groups in total. The molecule has 70 valence electrons. The van der Waals surface area contributed by atoms with Gasteiger partial charge < -0.3 is 14.7 Å². The van der Waals surface area contributed by atoms with Gasteiger partial charge in [0.15, 0.2) is 0 Å². The molecule has 1 aliphatic heterocycles. The van der Waals surface area contributed by atoms with E-state index in [1.54, 1.807) is 6.92 Å². The van der Waals surface area contributed by atoms with Crippen LogP contribution in [-0.2, 0) is 4.74 Å². The van der Waals surface area contributed by atoms with E-state index in [2.05, 4.69) is 0 Å². The molecular weight excluding hydrogens is 165 g/mol. The van der Waals surface area contributed by atoms with Crippen LogP contribution in [0.2, 0.25) is 0 Å². The highest BCUT2D eigenvalue weighted by Gasteiger charge is 2.29. The van der Waals surface area contributed by atoms with Gasteiger partial charge in [0, 0.05) is 0 Å². The largest absolute Gasteiger partial charge is 0.445 e. The highest BCUT2D eigenvalue weighted by Crippen LogP contribution is 2.10. The smallest absolute Gasteiger partial charge is 0.410 e. The Kier molecular flexibility index (Phi) is 2.86. The van der Waals surface area contributed by atoms with Crippen molar-refractivity contribution in [1.29, 1.82) is 0 Å². The second kappa shape index (κ2) is 3.71. The number of β-amino-alcohol motifs (C(OH)–C–C–N with tert-alkyl or cyclic N) is 1. The van der Waals surface area contributed by atoms with Gasteiger partial charge in [0.1, 0.15) is 12.8 Å². The number of hydrogen-bond acceptors (Lipinski definition) is 3. The van der Waals surface area contributed by atoms with Gasteiger partial charge in [-0.15, -0.1) is 0 Å². The van der Waals surface area contributed by atoms with Crippen LogP contribution in [0.4, 0.5) is 9.18 Å². The second-order valence-corrected chi connectivity index (χ2v) is 2.91. The number of rotatable bonds is 3. The number of amides is 1. The molecule has 2 atom stereocenters. The fourth-order valence-electron chi connectivity index (χ4n) is 1.12. The Hall–Kier alpha value is -0.840. The van der Waals surface area contributed by atoms with Crippen molar-refractivity contribution in [2.24, 2.45) is 0 Å². The van der Waals surface area contributed by atoms with Gasteiger partial charge in [-0.2, -0.15) is 0 Å². The van der Waals surface area contributed by atoms with Crippen LogP contribution in [0, 0.1) is 0 Å². The summed E-state index contributed by atoms with van der Waals surface area (Å²) >= 11 is 0. The fraction of sp³-hybridized carbons (Fsp3) is 0.857. The standard InChI is InChI=1S/C7H12FNO3/c1-5-3-9(7(11)12-5)4-6(10)2-8/h5-6,10H,2-4H2,1H3. The van der Waals surface area contributed by atoms with E-state index in [1.165, 1.54) is 4.90 Å². The molecule has 0 aromatic carbocycles. The molecule has 1 aliphatic rings. The molecule has 1 saturated heterocycles. The van der Waals surface area contributed by atoms with Gasteiger partial charge in [0.05, 0.1) is 19.2 Å². The topological polar surface area (TPSA) is 49.8 Å². The molecule has 0 aromatic rings. The lowest BCUT2D eigenvalue weighted by Gasteiger charge is -2.14. The molecule has 5 heteroatoms. The Bertz CT molecular complexity index is 176. The van der Waals surface area contributed by atoms with Crippen LogP contribution < -0.4 is 0 Å². The van der Waals surface area contributed by atoms with Crippen LogP contribution >= 0.6 is 0 Å². The van der Waals surface area contributed by atoms with Gasteiger partial charge in [-0.05, 0) is 6.92 Å². The predicted molar refractivity (Wildman–Crippen MR) is 39.5 cm³/mol. The fourth-order valence-corrected chi connectivity index (χ4v) is 1.12. The minimum Gasteiger partial charge on any atom is -0.445 e. The van der Waals surface area contributed by atoms with Crippen molar-refractivity contribution in [3.8, 4) is 0 Å². The van der Waals surface area contributed by atoms with Crippen LogP contribution in [-0.4, -0.2) is 48.1 Å². The summed E-state index contributed by atoms with van der Waals surface area (Å²) in [7, 11) is 0. The Morgan fingerprint density at radius 1 is 1.92 bits per heavy atom. The van der Waals surface area contributed by atoms with Crippen LogP contribution in [0.1, 0.15) is 6.92 Å². The summed E-state index contributed by atoms with van der Waals surface area (Å²) in [6, 6.07) is 0.